The molecule has 6 heteroatoms. The van der Waals surface area contributed by atoms with Gasteiger partial charge in [0, 0.05) is 10.0 Å². The number of hydrogen-bond acceptors (Lipinski definition) is 3. The van der Waals surface area contributed by atoms with Gasteiger partial charge in [0.25, 0.3) is 10.0 Å². The summed E-state index contributed by atoms with van der Waals surface area (Å²) in [5.74, 6) is 0.515. The van der Waals surface area contributed by atoms with E-state index in [0.29, 0.717) is 23.8 Å². The third-order valence-corrected chi connectivity index (χ3v) is 6.23. The molecule has 22 heavy (non-hydrogen) atoms. The molecule has 0 N–H and O–H groups in total. The monoisotopic (exact) mass is 378 g/mol. The number of amidine groups is 1. The lowest BCUT2D eigenvalue weighted by Crippen LogP contribution is -2.34. The van der Waals surface area contributed by atoms with E-state index in [1.54, 1.807) is 18.2 Å². The maximum absolute atomic E-state index is 12.9. The molecule has 3 rings (SSSR count). The largest absolute Gasteiger partial charge is 0.265 e. The Kier molecular flexibility index (Phi) is 4.06. The van der Waals surface area contributed by atoms with Gasteiger partial charge in [-0.2, -0.15) is 0 Å². The molecule has 0 amide bonds. The summed E-state index contributed by atoms with van der Waals surface area (Å²) in [5, 5.41) is 0. The van der Waals surface area contributed by atoms with E-state index in [1.807, 2.05) is 37.3 Å². The third-order valence-electron chi connectivity index (χ3n) is 3.55. The Labute approximate surface area is 138 Å². The van der Waals surface area contributed by atoms with Crippen molar-refractivity contribution >= 4 is 31.8 Å². The van der Waals surface area contributed by atoms with Crippen LogP contribution in [0.1, 0.15) is 11.1 Å². The highest BCUT2D eigenvalue weighted by Gasteiger charge is 2.31. The zero-order chi connectivity index (χ0) is 15.7. The summed E-state index contributed by atoms with van der Waals surface area (Å²) in [7, 11) is -3.59. The Morgan fingerprint density at radius 2 is 1.86 bits per heavy atom. The molecule has 0 radical (unpaired) electrons. The van der Waals surface area contributed by atoms with E-state index < -0.39 is 10.0 Å². The van der Waals surface area contributed by atoms with Crippen LogP contribution in [0.5, 0.6) is 0 Å². The lowest BCUT2D eigenvalue weighted by atomic mass is 10.2. The number of aliphatic imine (C=N–C) groups is 1. The number of benzene rings is 2. The maximum Gasteiger partial charge on any atom is 0.265 e. The fourth-order valence-electron chi connectivity index (χ4n) is 2.39. The number of nitrogens with zero attached hydrogens (tertiary/aromatic N) is 2. The van der Waals surface area contributed by atoms with Crippen molar-refractivity contribution in [3.8, 4) is 0 Å². The standard InChI is InChI=1S/C16H15BrN2O2S/c1-12-11-14(7-8-15(12)17)22(20,21)19-10-9-18-16(19)13-5-3-2-4-6-13/h2-8,11H,9-10H2,1H3. The predicted octanol–water partition coefficient (Wildman–Crippen LogP) is 3.21. The van der Waals surface area contributed by atoms with E-state index in [0.717, 1.165) is 15.6 Å². The van der Waals surface area contributed by atoms with Crippen molar-refractivity contribution in [2.45, 2.75) is 11.8 Å². The van der Waals surface area contributed by atoms with Gasteiger partial charge < -0.3 is 0 Å². The number of halogens is 1. The highest BCUT2D eigenvalue weighted by molar-refractivity contribution is 9.10. The summed E-state index contributed by atoms with van der Waals surface area (Å²) in [6.07, 6.45) is 0. The summed E-state index contributed by atoms with van der Waals surface area (Å²) in [4.78, 5) is 4.66. The second-order valence-corrected chi connectivity index (χ2v) is 7.78. The van der Waals surface area contributed by atoms with Crippen molar-refractivity contribution in [1.82, 2.24) is 4.31 Å². The van der Waals surface area contributed by atoms with Crippen molar-refractivity contribution < 1.29 is 8.42 Å². The SMILES string of the molecule is Cc1cc(S(=O)(=O)N2CCN=C2c2ccccc2)ccc1Br. The molecular formula is C16H15BrN2O2S. The van der Waals surface area contributed by atoms with E-state index >= 15 is 0 Å². The van der Waals surface area contributed by atoms with Crippen molar-refractivity contribution in [2.75, 3.05) is 13.1 Å². The van der Waals surface area contributed by atoms with Gasteiger partial charge in [0.2, 0.25) is 0 Å². The minimum absolute atomic E-state index is 0.290. The average molecular weight is 379 g/mol. The van der Waals surface area contributed by atoms with E-state index in [9.17, 15) is 8.42 Å². The molecule has 1 aliphatic heterocycles. The molecule has 0 saturated heterocycles. The fraction of sp³-hybridized carbons (Fsp3) is 0.188. The van der Waals surface area contributed by atoms with Crippen LogP contribution >= 0.6 is 15.9 Å². The quantitative estimate of drug-likeness (QED) is 0.823. The molecule has 0 bridgehead atoms. The molecule has 4 nitrogen and oxygen atoms in total. The highest BCUT2D eigenvalue weighted by Crippen LogP contribution is 2.25. The fourth-order valence-corrected chi connectivity index (χ4v) is 4.17. The van der Waals surface area contributed by atoms with Gasteiger partial charge in [0.05, 0.1) is 18.0 Å². The summed E-state index contributed by atoms with van der Waals surface area (Å²) >= 11 is 3.40. The summed E-state index contributed by atoms with van der Waals surface area (Å²) < 4.78 is 28.1. The smallest absolute Gasteiger partial charge is 0.265 e. The Bertz CT molecular complexity index is 832. The van der Waals surface area contributed by atoms with Crippen LogP contribution in [0.4, 0.5) is 0 Å². The van der Waals surface area contributed by atoms with Gasteiger partial charge in [0.1, 0.15) is 5.84 Å². The first-order valence-corrected chi connectivity index (χ1v) is 9.12. The molecule has 2 aromatic carbocycles. The molecule has 1 aliphatic rings. The van der Waals surface area contributed by atoms with Gasteiger partial charge in [-0.05, 0) is 30.7 Å². The molecule has 0 spiro atoms. The molecule has 0 aromatic heterocycles. The van der Waals surface area contributed by atoms with Crippen LogP contribution < -0.4 is 0 Å². The zero-order valence-electron chi connectivity index (χ0n) is 12.0. The first-order chi connectivity index (χ1) is 10.5. The molecule has 2 aromatic rings. The van der Waals surface area contributed by atoms with Crippen molar-refractivity contribution in [2.24, 2.45) is 4.99 Å². The topological polar surface area (TPSA) is 49.7 Å². The molecule has 0 fully saturated rings. The predicted molar refractivity (Wildman–Crippen MR) is 90.6 cm³/mol. The van der Waals surface area contributed by atoms with Crippen LogP contribution in [-0.2, 0) is 10.0 Å². The third kappa shape index (κ3) is 2.68. The summed E-state index contributed by atoms with van der Waals surface area (Å²) in [6.45, 7) is 2.74. The number of aryl methyl sites for hydroxylation is 1. The minimum atomic E-state index is -3.59. The summed E-state index contributed by atoms with van der Waals surface area (Å²) in [5.41, 5.74) is 1.70. The zero-order valence-corrected chi connectivity index (χ0v) is 14.4. The van der Waals surface area contributed by atoms with Gasteiger partial charge >= 0.3 is 0 Å². The Morgan fingerprint density at radius 1 is 1.14 bits per heavy atom. The van der Waals surface area contributed by atoms with Crippen LogP contribution in [0.2, 0.25) is 0 Å². The van der Waals surface area contributed by atoms with Crippen molar-refractivity contribution in [3.63, 3.8) is 0 Å². The van der Waals surface area contributed by atoms with Crippen LogP contribution in [-0.4, -0.2) is 31.6 Å². The first-order valence-electron chi connectivity index (χ1n) is 6.89. The summed E-state index contributed by atoms with van der Waals surface area (Å²) in [6, 6.07) is 14.5. The molecule has 114 valence electrons. The van der Waals surface area contributed by atoms with Gasteiger partial charge in [-0.25, -0.2) is 12.7 Å². The number of hydrogen-bond donors (Lipinski definition) is 0. The van der Waals surface area contributed by atoms with Gasteiger partial charge in [-0.3, -0.25) is 4.99 Å². The molecule has 1 heterocycles. The van der Waals surface area contributed by atoms with E-state index in [1.165, 1.54) is 4.31 Å². The van der Waals surface area contributed by atoms with Gasteiger partial charge in [0.15, 0.2) is 0 Å². The number of rotatable bonds is 3. The maximum atomic E-state index is 12.9. The van der Waals surface area contributed by atoms with Crippen LogP contribution in [0.15, 0.2) is 62.9 Å². The Hall–Kier alpha value is -1.66. The second kappa shape index (κ2) is 5.85. The normalized spacial score (nSPS) is 15.0. The molecule has 0 aliphatic carbocycles. The van der Waals surface area contributed by atoms with E-state index in [2.05, 4.69) is 20.9 Å². The molecular weight excluding hydrogens is 364 g/mol. The van der Waals surface area contributed by atoms with Gasteiger partial charge in [-0.1, -0.05) is 46.3 Å². The minimum Gasteiger partial charge on any atom is -0.265 e. The number of sulfonamides is 1. The average Bonchev–Trinajstić information content (AvgIpc) is 3.01. The van der Waals surface area contributed by atoms with Crippen LogP contribution in [0.25, 0.3) is 0 Å². The highest BCUT2D eigenvalue weighted by atomic mass is 79.9. The second-order valence-electron chi connectivity index (χ2n) is 5.06. The van der Waals surface area contributed by atoms with Crippen LogP contribution in [0, 0.1) is 6.92 Å². The Balaban J connectivity index is 2.02. The van der Waals surface area contributed by atoms with E-state index in [4.69, 9.17) is 0 Å². The molecule has 0 atom stereocenters. The lowest BCUT2D eigenvalue weighted by Gasteiger charge is -2.21. The lowest BCUT2D eigenvalue weighted by molar-refractivity contribution is 0.538. The van der Waals surface area contributed by atoms with Gasteiger partial charge in [-0.15, -0.1) is 0 Å². The van der Waals surface area contributed by atoms with Crippen molar-refractivity contribution in [1.29, 1.82) is 0 Å². The molecule has 0 unspecified atom stereocenters. The Morgan fingerprint density at radius 3 is 2.55 bits per heavy atom. The van der Waals surface area contributed by atoms with E-state index in [-0.39, 0.29) is 0 Å². The first kappa shape index (κ1) is 15.2. The molecule has 0 saturated carbocycles. The van der Waals surface area contributed by atoms with Crippen molar-refractivity contribution in [3.05, 3.63) is 64.1 Å². The van der Waals surface area contributed by atoms with Crippen LogP contribution in [0.3, 0.4) is 0 Å².